The van der Waals surface area contributed by atoms with Crippen LogP contribution >= 0.6 is 31.9 Å². The molecule has 0 unspecified atom stereocenters. The van der Waals surface area contributed by atoms with E-state index < -0.39 is 5.97 Å². The van der Waals surface area contributed by atoms with Crippen LogP contribution in [0.3, 0.4) is 0 Å². The highest BCUT2D eigenvalue weighted by Crippen LogP contribution is 2.28. The molecule has 70 valence electrons. The number of nitrogen functional groups attached to an aromatic ring is 1. The molecule has 0 aliphatic carbocycles. The molecule has 0 atom stereocenters. The van der Waals surface area contributed by atoms with Gasteiger partial charge >= 0.3 is 5.97 Å². The lowest BCUT2D eigenvalue weighted by molar-refractivity contribution is 0.0602. The van der Waals surface area contributed by atoms with E-state index in [-0.39, 0.29) is 0 Å². The number of ether oxygens (including phenoxy) is 1. The molecule has 0 saturated carbocycles. The summed E-state index contributed by atoms with van der Waals surface area (Å²) in [6, 6.07) is 3.38. The van der Waals surface area contributed by atoms with Crippen molar-refractivity contribution >= 4 is 43.5 Å². The Hall–Kier alpha value is -0.550. The standard InChI is InChI=1S/C8H7Br2NO2/c1-13-8(12)5-2-4(9)3-6(10)7(5)11/h2-3H,11H2,1H3. The van der Waals surface area contributed by atoms with Crippen LogP contribution in [-0.2, 0) is 4.74 Å². The Morgan fingerprint density at radius 2 is 2.08 bits per heavy atom. The van der Waals surface area contributed by atoms with Crippen molar-refractivity contribution < 1.29 is 9.53 Å². The lowest BCUT2D eigenvalue weighted by Gasteiger charge is -2.05. The smallest absolute Gasteiger partial charge is 0.340 e. The molecule has 0 amide bonds. The van der Waals surface area contributed by atoms with Crippen molar-refractivity contribution in [3.63, 3.8) is 0 Å². The molecule has 0 aliphatic rings. The van der Waals surface area contributed by atoms with Gasteiger partial charge < -0.3 is 10.5 Å². The quantitative estimate of drug-likeness (QED) is 0.641. The van der Waals surface area contributed by atoms with Crippen LogP contribution in [0.25, 0.3) is 0 Å². The van der Waals surface area contributed by atoms with Crippen molar-refractivity contribution in [2.24, 2.45) is 0 Å². The summed E-state index contributed by atoms with van der Waals surface area (Å²) in [4.78, 5) is 11.2. The number of methoxy groups -OCH3 is 1. The predicted octanol–water partition coefficient (Wildman–Crippen LogP) is 2.58. The van der Waals surface area contributed by atoms with Gasteiger partial charge in [0, 0.05) is 8.95 Å². The van der Waals surface area contributed by atoms with Gasteiger partial charge in [0.2, 0.25) is 0 Å². The molecule has 1 aromatic carbocycles. The number of halogens is 2. The summed E-state index contributed by atoms with van der Waals surface area (Å²) in [5.74, 6) is -0.445. The van der Waals surface area contributed by atoms with E-state index in [0.29, 0.717) is 15.7 Å². The van der Waals surface area contributed by atoms with Crippen LogP contribution in [0.15, 0.2) is 21.1 Å². The number of nitrogens with two attached hydrogens (primary N) is 1. The van der Waals surface area contributed by atoms with Crippen molar-refractivity contribution in [1.82, 2.24) is 0 Å². The Labute approximate surface area is 92.5 Å². The normalized spacial score (nSPS) is 9.77. The fraction of sp³-hybridized carbons (Fsp3) is 0.125. The number of hydrogen-bond donors (Lipinski definition) is 1. The van der Waals surface area contributed by atoms with Crippen molar-refractivity contribution in [2.45, 2.75) is 0 Å². The van der Waals surface area contributed by atoms with Crippen LogP contribution in [0.2, 0.25) is 0 Å². The van der Waals surface area contributed by atoms with E-state index in [0.717, 1.165) is 4.47 Å². The van der Waals surface area contributed by atoms with Crippen LogP contribution in [0, 0.1) is 0 Å². The Morgan fingerprint density at radius 1 is 1.46 bits per heavy atom. The van der Waals surface area contributed by atoms with Gasteiger partial charge in [0.05, 0.1) is 18.4 Å². The first kappa shape index (κ1) is 10.5. The molecule has 13 heavy (non-hydrogen) atoms. The van der Waals surface area contributed by atoms with E-state index in [4.69, 9.17) is 5.73 Å². The Balaban J connectivity index is 3.28. The monoisotopic (exact) mass is 307 g/mol. The van der Waals surface area contributed by atoms with Gasteiger partial charge in [-0.3, -0.25) is 0 Å². The fourth-order valence-corrected chi connectivity index (χ4v) is 2.09. The van der Waals surface area contributed by atoms with E-state index in [1.807, 2.05) is 0 Å². The van der Waals surface area contributed by atoms with Crippen LogP contribution < -0.4 is 5.73 Å². The largest absolute Gasteiger partial charge is 0.465 e. The number of carbonyl (C=O) groups is 1. The maximum Gasteiger partial charge on any atom is 0.340 e. The summed E-state index contributed by atoms with van der Waals surface area (Å²) in [5.41, 5.74) is 6.39. The zero-order valence-corrected chi connectivity index (χ0v) is 9.98. The van der Waals surface area contributed by atoms with Crippen molar-refractivity contribution in [3.8, 4) is 0 Å². The highest BCUT2D eigenvalue weighted by atomic mass is 79.9. The first-order valence-corrected chi connectivity index (χ1v) is 4.97. The molecular weight excluding hydrogens is 302 g/mol. The van der Waals surface area contributed by atoms with Crippen LogP contribution in [0.4, 0.5) is 5.69 Å². The third-order valence-electron chi connectivity index (χ3n) is 1.50. The lowest BCUT2D eigenvalue weighted by Crippen LogP contribution is -2.06. The van der Waals surface area contributed by atoms with Crippen LogP contribution in [0.5, 0.6) is 0 Å². The summed E-state index contributed by atoms with van der Waals surface area (Å²) in [6.45, 7) is 0. The van der Waals surface area contributed by atoms with Gasteiger partial charge in [-0.25, -0.2) is 4.79 Å². The number of hydrogen-bond acceptors (Lipinski definition) is 3. The third-order valence-corrected chi connectivity index (χ3v) is 2.61. The molecule has 0 aliphatic heterocycles. The van der Waals surface area contributed by atoms with E-state index >= 15 is 0 Å². The summed E-state index contributed by atoms with van der Waals surface area (Å²) < 4.78 is 6.01. The molecule has 0 spiro atoms. The van der Waals surface area contributed by atoms with Crippen molar-refractivity contribution in [1.29, 1.82) is 0 Å². The topological polar surface area (TPSA) is 52.3 Å². The summed E-state index contributed by atoms with van der Waals surface area (Å²) in [6.07, 6.45) is 0. The number of rotatable bonds is 1. The SMILES string of the molecule is COC(=O)c1cc(Br)cc(Br)c1N. The van der Waals surface area contributed by atoms with E-state index in [1.165, 1.54) is 7.11 Å². The second-order valence-corrected chi connectivity index (χ2v) is 4.11. The maximum atomic E-state index is 11.2. The highest BCUT2D eigenvalue weighted by molar-refractivity contribution is 9.11. The van der Waals surface area contributed by atoms with E-state index in [9.17, 15) is 4.79 Å². The number of anilines is 1. The summed E-state index contributed by atoms with van der Waals surface area (Å²) in [7, 11) is 1.32. The second kappa shape index (κ2) is 4.11. The van der Waals surface area contributed by atoms with Gasteiger partial charge in [0.25, 0.3) is 0 Å². The molecule has 3 nitrogen and oxygen atoms in total. The zero-order valence-electron chi connectivity index (χ0n) is 6.80. The molecule has 0 heterocycles. The van der Waals surface area contributed by atoms with Gasteiger partial charge in [0.15, 0.2) is 0 Å². The average molecular weight is 309 g/mol. The molecule has 1 rings (SSSR count). The molecule has 0 fully saturated rings. The molecule has 0 saturated heterocycles. The van der Waals surface area contributed by atoms with Crippen molar-refractivity contribution in [3.05, 3.63) is 26.6 Å². The molecule has 1 aromatic rings. The Bertz CT molecular complexity index is 352. The van der Waals surface area contributed by atoms with Crippen LogP contribution in [0.1, 0.15) is 10.4 Å². The van der Waals surface area contributed by atoms with Gasteiger partial charge in [-0.15, -0.1) is 0 Å². The number of benzene rings is 1. The predicted molar refractivity (Wildman–Crippen MR) is 57.6 cm³/mol. The van der Waals surface area contributed by atoms with E-state index in [2.05, 4.69) is 36.6 Å². The highest BCUT2D eigenvalue weighted by Gasteiger charge is 2.12. The average Bonchev–Trinajstić information content (AvgIpc) is 2.10. The second-order valence-electron chi connectivity index (χ2n) is 2.34. The van der Waals surface area contributed by atoms with Gasteiger partial charge in [-0.05, 0) is 28.1 Å². The van der Waals surface area contributed by atoms with E-state index in [1.54, 1.807) is 12.1 Å². The Morgan fingerprint density at radius 3 is 2.62 bits per heavy atom. The minimum Gasteiger partial charge on any atom is -0.465 e. The third kappa shape index (κ3) is 2.22. The molecule has 5 heteroatoms. The Kier molecular flexibility index (Phi) is 3.33. The fourth-order valence-electron chi connectivity index (χ4n) is 0.864. The zero-order chi connectivity index (χ0) is 10.0. The summed E-state index contributed by atoms with van der Waals surface area (Å²) in [5, 5.41) is 0. The number of esters is 1. The summed E-state index contributed by atoms with van der Waals surface area (Å²) >= 11 is 6.48. The number of carbonyl (C=O) groups excluding carboxylic acids is 1. The van der Waals surface area contributed by atoms with Gasteiger partial charge in [0.1, 0.15) is 0 Å². The minimum absolute atomic E-state index is 0.351. The van der Waals surface area contributed by atoms with Gasteiger partial charge in [-0.1, -0.05) is 15.9 Å². The van der Waals surface area contributed by atoms with Crippen LogP contribution in [-0.4, -0.2) is 13.1 Å². The first-order chi connectivity index (χ1) is 6.06. The molecular formula is C8H7Br2NO2. The van der Waals surface area contributed by atoms with Gasteiger partial charge in [-0.2, -0.15) is 0 Å². The minimum atomic E-state index is -0.445. The molecule has 0 bridgehead atoms. The maximum absolute atomic E-state index is 11.2. The lowest BCUT2D eigenvalue weighted by atomic mass is 10.2. The molecule has 0 radical (unpaired) electrons. The first-order valence-electron chi connectivity index (χ1n) is 3.39. The van der Waals surface area contributed by atoms with Crippen molar-refractivity contribution in [2.75, 3.05) is 12.8 Å². The molecule has 2 N–H and O–H groups in total. The molecule has 0 aromatic heterocycles.